The van der Waals surface area contributed by atoms with Gasteiger partial charge in [-0.1, -0.05) is 13.0 Å². The lowest BCUT2D eigenvalue weighted by Gasteiger charge is -2.38. The molecule has 1 saturated heterocycles. The Kier molecular flexibility index (Phi) is 5.52. The van der Waals surface area contributed by atoms with Crippen molar-refractivity contribution >= 4 is 0 Å². The van der Waals surface area contributed by atoms with Crippen LogP contribution in [0.25, 0.3) is 0 Å². The van der Waals surface area contributed by atoms with Gasteiger partial charge >= 0.3 is 0 Å². The summed E-state index contributed by atoms with van der Waals surface area (Å²) in [6.45, 7) is 12.1. The highest BCUT2D eigenvalue weighted by Gasteiger charge is 2.27. The number of hydrogen-bond donors (Lipinski definition) is 1. The Labute approximate surface area is 122 Å². The molecule has 1 fully saturated rings. The van der Waals surface area contributed by atoms with Crippen molar-refractivity contribution in [3.8, 4) is 0 Å². The molecule has 0 radical (unpaired) electrons. The molecule has 1 N–H and O–H groups in total. The normalized spacial score (nSPS) is 19.1. The average molecular weight is 277 g/mol. The van der Waals surface area contributed by atoms with E-state index in [0.29, 0.717) is 0 Å². The fourth-order valence-corrected chi connectivity index (χ4v) is 2.59. The molecule has 20 heavy (non-hydrogen) atoms. The lowest BCUT2D eigenvalue weighted by Crippen LogP contribution is -2.47. The van der Waals surface area contributed by atoms with E-state index in [9.17, 15) is 0 Å². The zero-order chi connectivity index (χ0) is 14.4. The molecule has 0 aliphatic carbocycles. The van der Waals surface area contributed by atoms with Crippen molar-refractivity contribution < 1.29 is 4.74 Å². The minimum Gasteiger partial charge on any atom is -0.373 e. The van der Waals surface area contributed by atoms with Crippen LogP contribution in [0.5, 0.6) is 0 Å². The number of hydrogen-bond acceptors (Lipinski definition) is 4. The summed E-state index contributed by atoms with van der Waals surface area (Å²) in [4.78, 5) is 7.17. The van der Waals surface area contributed by atoms with Gasteiger partial charge in [-0.05, 0) is 38.9 Å². The van der Waals surface area contributed by atoms with E-state index in [-0.39, 0.29) is 5.60 Å². The molecule has 0 unspecified atom stereocenters. The van der Waals surface area contributed by atoms with Gasteiger partial charge in [0.25, 0.3) is 0 Å². The first-order valence-electron chi connectivity index (χ1n) is 7.61. The number of rotatable bonds is 6. The molecule has 1 aromatic rings. The first kappa shape index (κ1) is 15.4. The first-order chi connectivity index (χ1) is 9.59. The number of nitrogens with zero attached hydrogens (tertiary/aromatic N) is 2. The molecule has 1 aromatic heterocycles. The quantitative estimate of drug-likeness (QED) is 0.809. The smallest absolute Gasteiger partial charge is 0.0753 e. The molecule has 0 aromatic carbocycles. The van der Waals surface area contributed by atoms with E-state index >= 15 is 0 Å². The molecular weight excluding hydrogens is 250 g/mol. The third-order valence-corrected chi connectivity index (χ3v) is 3.49. The van der Waals surface area contributed by atoms with Gasteiger partial charge in [-0.3, -0.25) is 9.88 Å². The second kappa shape index (κ2) is 7.16. The summed E-state index contributed by atoms with van der Waals surface area (Å²) in [5.74, 6) is 0. The minimum absolute atomic E-state index is 0.0431. The predicted molar refractivity (Wildman–Crippen MR) is 81.5 cm³/mol. The zero-order valence-corrected chi connectivity index (χ0v) is 13.0. The number of morpholine rings is 1. The molecule has 112 valence electrons. The Balaban J connectivity index is 1.90. The third-order valence-electron chi connectivity index (χ3n) is 3.49. The molecule has 4 nitrogen and oxygen atoms in total. The van der Waals surface area contributed by atoms with E-state index in [1.807, 2.05) is 0 Å². The van der Waals surface area contributed by atoms with E-state index in [0.717, 1.165) is 57.1 Å². The van der Waals surface area contributed by atoms with Crippen LogP contribution in [0.2, 0.25) is 0 Å². The monoisotopic (exact) mass is 277 g/mol. The van der Waals surface area contributed by atoms with E-state index < -0.39 is 0 Å². The van der Waals surface area contributed by atoms with E-state index in [1.165, 1.54) is 0 Å². The van der Waals surface area contributed by atoms with Crippen LogP contribution in [0.15, 0.2) is 18.2 Å². The summed E-state index contributed by atoms with van der Waals surface area (Å²) in [5, 5.41) is 3.40. The van der Waals surface area contributed by atoms with Gasteiger partial charge in [-0.2, -0.15) is 0 Å². The summed E-state index contributed by atoms with van der Waals surface area (Å²) in [7, 11) is 0. The Morgan fingerprint density at radius 3 is 2.90 bits per heavy atom. The maximum Gasteiger partial charge on any atom is 0.0753 e. The fourth-order valence-electron chi connectivity index (χ4n) is 2.59. The van der Waals surface area contributed by atoms with Gasteiger partial charge < -0.3 is 10.1 Å². The number of ether oxygens (including phenoxy) is 1. The van der Waals surface area contributed by atoms with Crippen LogP contribution in [-0.2, 0) is 17.8 Å². The van der Waals surface area contributed by atoms with Crippen molar-refractivity contribution in [3.63, 3.8) is 0 Å². The van der Waals surface area contributed by atoms with Crippen molar-refractivity contribution in [2.75, 3.05) is 26.2 Å². The largest absolute Gasteiger partial charge is 0.373 e. The molecule has 2 rings (SSSR count). The van der Waals surface area contributed by atoms with E-state index in [2.05, 4.69) is 49.2 Å². The SMILES string of the molecule is CCCNCc1cccc(CN2CCOC(C)(C)C2)n1. The second-order valence-electron chi connectivity index (χ2n) is 6.12. The molecule has 2 heterocycles. The first-order valence-corrected chi connectivity index (χ1v) is 7.61. The van der Waals surface area contributed by atoms with Crippen molar-refractivity contribution in [3.05, 3.63) is 29.6 Å². The van der Waals surface area contributed by atoms with Crippen molar-refractivity contribution in [1.29, 1.82) is 0 Å². The molecule has 1 aliphatic heterocycles. The molecule has 0 spiro atoms. The van der Waals surface area contributed by atoms with Crippen LogP contribution in [0.4, 0.5) is 0 Å². The maximum absolute atomic E-state index is 5.75. The fraction of sp³-hybridized carbons (Fsp3) is 0.688. The van der Waals surface area contributed by atoms with Gasteiger partial charge in [-0.15, -0.1) is 0 Å². The van der Waals surface area contributed by atoms with Crippen molar-refractivity contribution in [2.24, 2.45) is 0 Å². The Morgan fingerprint density at radius 1 is 1.35 bits per heavy atom. The van der Waals surface area contributed by atoms with Crippen LogP contribution in [0.3, 0.4) is 0 Å². The number of nitrogens with one attached hydrogen (secondary N) is 1. The molecule has 1 aliphatic rings. The van der Waals surface area contributed by atoms with Gasteiger partial charge in [0.15, 0.2) is 0 Å². The van der Waals surface area contributed by atoms with Gasteiger partial charge in [0, 0.05) is 26.2 Å². The van der Waals surface area contributed by atoms with Gasteiger partial charge in [0.2, 0.25) is 0 Å². The van der Waals surface area contributed by atoms with Gasteiger partial charge in [-0.25, -0.2) is 0 Å². The summed E-state index contributed by atoms with van der Waals surface area (Å²) >= 11 is 0. The summed E-state index contributed by atoms with van der Waals surface area (Å²) in [6, 6.07) is 6.32. The van der Waals surface area contributed by atoms with Crippen LogP contribution in [-0.4, -0.2) is 41.7 Å². The summed E-state index contributed by atoms with van der Waals surface area (Å²) in [6.07, 6.45) is 1.16. The highest BCUT2D eigenvalue weighted by Crippen LogP contribution is 2.17. The summed E-state index contributed by atoms with van der Waals surface area (Å²) < 4.78 is 5.75. The van der Waals surface area contributed by atoms with Crippen LogP contribution in [0, 0.1) is 0 Å². The highest BCUT2D eigenvalue weighted by molar-refractivity contribution is 5.11. The van der Waals surface area contributed by atoms with Crippen molar-refractivity contribution in [1.82, 2.24) is 15.2 Å². The highest BCUT2D eigenvalue weighted by atomic mass is 16.5. The molecule has 0 bridgehead atoms. The Bertz CT molecular complexity index is 420. The average Bonchev–Trinajstić information content (AvgIpc) is 2.38. The maximum atomic E-state index is 5.75. The molecule has 0 atom stereocenters. The number of pyridine rings is 1. The minimum atomic E-state index is -0.0431. The van der Waals surface area contributed by atoms with Crippen molar-refractivity contribution in [2.45, 2.75) is 45.9 Å². The topological polar surface area (TPSA) is 37.4 Å². The second-order valence-corrected chi connectivity index (χ2v) is 6.12. The number of aromatic nitrogens is 1. The van der Waals surface area contributed by atoms with Crippen LogP contribution in [0.1, 0.15) is 38.6 Å². The van der Waals surface area contributed by atoms with Crippen LogP contribution < -0.4 is 5.32 Å². The Hall–Kier alpha value is -0.970. The lowest BCUT2D eigenvalue weighted by atomic mass is 10.1. The van der Waals surface area contributed by atoms with Gasteiger partial charge in [0.1, 0.15) is 0 Å². The summed E-state index contributed by atoms with van der Waals surface area (Å²) in [5.41, 5.74) is 2.24. The van der Waals surface area contributed by atoms with Crippen LogP contribution >= 0.6 is 0 Å². The van der Waals surface area contributed by atoms with E-state index in [1.54, 1.807) is 0 Å². The Morgan fingerprint density at radius 2 is 2.15 bits per heavy atom. The molecular formula is C16H27N3O. The van der Waals surface area contributed by atoms with Gasteiger partial charge in [0.05, 0.1) is 23.6 Å². The molecule has 0 saturated carbocycles. The zero-order valence-electron chi connectivity index (χ0n) is 13.0. The standard InChI is InChI=1S/C16H27N3O/c1-4-8-17-11-14-6-5-7-15(18-14)12-19-9-10-20-16(2,3)13-19/h5-7,17H,4,8-13H2,1-3H3. The van der Waals surface area contributed by atoms with E-state index in [4.69, 9.17) is 9.72 Å². The molecule has 0 amide bonds. The lowest BCUT2D eigenvalue weighted by molar-refractivity contribution is -0.0885. The predicted octanol–water partition coefficient (Wildman–Crippen LogP) is 2.19. The molecule has 4 heteroatoms. The third kappa shape index (κ3) is 4.85.